The minimum Gasteiger partial charge on any atom is -0.326 e. The summed E-state index contributed by atoms with van der Waals surface area (Å²) in [6.45, 7) is 7.64. The maximum absolute atomic E-state index is 4.57. The van der Waals surface area contributed by atoms with E-state index < -0.39 is 0 Å². The molecule has 1 atom stereocenters. The number of aryl methyl sites for hydroxylation is 2. The van der Waals surface area contributed by atoms with Crippen molar-refractivity contribution in [2.45, 2.75) is 52.1 Å². The Bertz CT molecular complexity index is 581. The number of fused-ring (bicyclic) bond motifs is 1. The van der Waals surface area contributed by atoms with Gasteiger partial charge in [0.05, 0.1) is 17.4 Å². The average molecular weight is 257 g/mol. The Kier molecular flexibility index (Phi) is 3.31. The second-order valence-corrected chi connectivity index (χ2v) is 5.82. The van der Waals surface area contributed by atoms with Crippen LogP contribution in [0.5, 0.6) is 0 Å². The number of imidazole rings is 1. The van der Waals surface area contributed by atoms with Crippen LogP contribution in [0.1, 0.15) is 43.4 Å². The molecule has 1 N–H and O–H groups in total. The first-order valence-corrected chi connectivity index (χ1v) is 7.36. The zero-order valence-electron chi connectivity index (χ0n) is 12.1. The van der Waals surface area contributed by atoms with Crippen molar-refractivity contribution in [3.05, 3.63) is 29.6 Å². The molecule has 1 fully saturated rings. The van der Waals surface area contributed by atoms with Gasteiger partial charge in [-0.05, 0) is 56.4 Å². The Hall–Kier alpha value is -1.35. The Balaban J connectivity index is 1.90. The van der Waals surface area contributed by atoms with Gasteiger partial charge in [0.1, 0.15) is 0 Å². The van der Waals surface area contributed by atoms with Crippen molar-refractivity contribution in [3.8, 4) is 0 Å². The van der Waals surface area contributed by atoms with Gasteiger partial charge in [0, 0.05) is 18.6 Å². The molecule has 102 valence electrons. The van der Waals surface area contributed by atoms with Crippen molar-refractivity contribution >= 4 is 11.0 Å². The predicted octanol–water partition coefficient (Wildman–Crippen LogP) is 3.36. The van der Waals surface area contributed by atoms with E-state index in [9.17, 15) is 0 Å². The average Bonchev–Trinajstić information content (AvgIpc) is 3.14. The number of rotatable bonds is 5. The molecule has 0 saturated heterocycles. The molecule has 1 aliphatic carbocycles. The lowest BCUT2D eigenvalue weighted by molar-refractivity contribution is 0.455. The monoisotopic (exact) mass is 257 g/mol. The highest BCUT2D eigenvalue weighted by atomic mass is 15.1. The molecule has 1 aliphatic rings. The van der Waals surface area contributed by atoms with Gasteiger partial charge in [0.2, 0.25) is 0 Å². The predicted molar refractivity (Wildman–Crippen MR) is 79.6 cm³/mol. The van der Waals surface area contributed by atoms with E-state index in [0.717, 1.165) is 24.5 Å². The lowest BCUT2D eigenvalue weighted by Gasteiger charge is -2.18. The maximum Gasteiger partial charge on any atom is 0.0961 e. The minimum absolute atomic E-state index is 0.507. The summed E-state index contributed by atoms with van der Waals surface area (Å²) in [4.78, 5) is 4.57. The normalized spacial score (nSPS) is 17.0. The van der Waals surface area contributed by atoms with E-state index in [1.807, 2.05) is 6.33 Å². The number of hydrogen-bond acceptors (Lipinski definition) is 2. The molecule has 3 heteroatoms. The Morgan fingerprint density at radius 1 is 1.32 bits per heavy atom. The van der Waals surface area contributed by atoms with Gasteiger partial charge in [0.15, 0.2) is 0 Å². The molecule has 1 unspecified atom stereocenters. The second-order valence-electron chi connectivity index (χ2n) is 5.82. The van der Waals surface area contributed by atoms with Crippen molar-refractivity contribution in [3.63, 3.8) is 0 Å². The summed E-state index contributed by atoms with van der Waals surface area (Å²) in [6, 6.07) is 5.75. The standard InChI is InChI=1S/C16H23N3/c1-4-14(9-17-13-5-6-13)19-10-18-15-7-11(2)12(3)8-16(15)19/h7-8,10,13-14,17H,4-6,9H2,1-3H3. The van der Waals surface area contributed by atoms with Crippen molar-refractivity contribution < 1.29 is 0 Å². The lowest BCUT2D eigenvalue weighted by atomic mass is 10.1. The molecule has 1 heterocycles. The van der Waals surface area contributed by atoms with Gasteiger partial charge in [-0.3, -0.25) is 0 Å². The first-order valence-electron chi connectivity index (χ1n) is 7.36. The first-order chi connectivity index (χ1) is 9.19. The van der Waals surface area contributed by atoms with Crippen LogP contribution in [0.25, 0.3) is 11.0 Å². The molecule has 3 nitrogen and oxygen atoms in total. The molecule has 0 amide bonds. The van der Waals surface area contributed by atoms with Crippen LogP contribution in [-0.2, 0) is 0 Å². The molecule has 2 aromatic rings. The third-order valence-corrected chi connectivity index (χ3v) is 4.27. The summed E-state index contributed by atoms with van der Waals surface area (Å²) in [6.07, 6.45) is 5.84. The highest BCUT2D eigenvalue weighted by Gasteiger charge is 2.22. The number of nitrogens with one attached hydrogen (secondary N) is 1. The topological polar surface area (TPSA) is 29.9 Å². The van der Waals surface area contributed by atoms with E-state index in [1.54, 1.807) is 0 Å². The highest BCUT2D eigenvalue weighted by molar-refractivity contribution is 5.77. The fraction of sp³-hybridized carbons (Fsp3) is 0.562. The number of hydrogen-bond donors (Lipinski definition) is 1. The van der Waals surface area contributed by atoms with Gasteiger partial charge < -0.3 is 9.88 Å². The van der Waals surface area contributed by atoms with Gasteiger partial charge in [-0.15, -0.1) is 0 Å². The Morgan fingerprint density at radius 3 is 2.74 bits per heavy atom. The van der Waals surface area contributed by atoms with Gasteiger partial charge in [0.25, 0.3) is 0 Å². The second kappa shape index (κ2) is 4.97. The number of nitrogens with zero attached hydrogens (tertiary/aromatic N) is 2. The largest absolute Gasteiger partial charge is 0.326 e. The third-order valence-electron chi connectivity index (χ3n) is 4.27. The minimum atomic E-state index is 0.507. The van der Waals surface area contributed by atoms with E-state index in [2.05, 4.69) is 47.8 Å². The zero-order valence-corrected chi connectivity index (χ0v) is 12.1. The van der Waals surface area contributed by atoms with E-state index in [0.29, 0.717) is 6.04 Å². The fourth-order valence-corrected chi connectivity index (χ4v) is 2.60. The molecular formula is C16H23N3. The first kappa shape index (κ1) is 12.7. The van der Waals surface area contributed by atoms with Crippen LogP contribution in [0.3, 0.4) is 0 Å². The van der Waals surface area contributed by atoms with Crippen LogP contribution in [0, 0.1) is 13.8 Å². The summed E-state index contributed by atoms with van der Waals surface area (Å²) in [5.41, 5.74) is 5.06. The summed E-state index contributed by atoms with van der Waals surface area (Å²) in [5.74, 6) is 0. The highest BCUT2D eigenvalue weighted by Crippen LogP contribution is 2.24. The van der Waals surface area contributed by atoms with Crippen molar-refractivity contribution in [2.24, 2.45) is 0 Å². The van der Waals surface area contributed by atoms with E-state index in [1.165, 1.54) is 29.5 Å². The van der Waals surface area contributed by atoms with Gasteiger partial charge in [-0.25, -0.2) is 4.98 Å². The van der Waals surface area contributed by atoms with Crippen LogP contribution in [-0.4, -0.2) is 22.1 Å². The van der Waals surface area contributed by atoms with Crippen LogP contribution in [0.15, 0.2) is 18.5 Å². The number of benzene rings is 1. The van der Waals surface area contributed by atoms with Crippen LogP contribution >= 0.6 is 0 Å². The van der Waals surface area contributed by atoms with Gasteiger partial charge >= 0.3 is 0 Å². The number of aromatic nitrogens is 2. The van der Waals surface area contributed by atoms with Crippen LogP contribution < -0.4 is 5.32 Å². The summed E-state index contributed by atoms with van der Waals surface area (Å²) in [7, 11) is 0. The summed E-state index contributed by atoms with van der Waals surface area (Å²) >= 11 is 0. The van der Waals surface area contributed by atoms with Crippen molar-refractivity contribution in [1.29, 1.82) is 0 Å². The summed E-state index contributed by atoms with van der Waals surface area (Å²) in [5, 5.41) is 3.64. The maximum atomic E-state index is 4.57. The fourth-order valence-electron chi connectivity index (χ4n) is 2.60. The van der Waals surface area contributed by atoms with Crippen LogP contribution in [0.2, 0.25) is 0 Å². The molecule has 0 aliphatic heterocycles. The Morgan fingerprint density at radius 2 is 2.05 bits per heavy atom. The molecule has 19 heavy (non-hydrogen) atoms. The van der Waals surface area contributed by atoms with E-state index in [4.69, 9.17) is 0 Å². The summed E-state index contributed by atoms with van der Waals surface area (Å²) < 4.78 is 2.34. The third kappa shape index (κ3) is 2.52. The van der Waals surface area contributed by atoms with Gasteiger partial charge in [-0.1, -0.05) is 6.92 Å². The molecule has 1 saturated carbocycles. The molecule has 1 aromatic carbocycles. The molecule has 0 radical (unpaired) electrons. The van der Waals surface area contributed by atoms with Crippen LogP contribution in [0.4, 0.5) is 0 Å². The SMILES string of the molecule is CCC(CNC1CC1)n1cnc2cc(C)c(C)cc21. The van der Waals surface area contributed by atoms with E-state index in [-0.39, 0.29) is 0 Å². The molecule has 0 bridgehead atoms. The van der Waals surface area contributed by atoms with Gasteiger partial charge in [-0.2, -0.15) is 0 Å². The lowest BCUT2D eigenvalue weighted by Crippen LogP contribution is -2.26. The molecular weight excluding hydrogens is 234 g/mol. The zero-order chi connectivity index (χ0) is 13.4. The molecule has 0 spiro atoms. The van der Waals surface area contributed by atoms with Crippen molar-refractivity contribution in [2.75, 3.05) is 6.54 Å². The quantitative estimate of drug-likeness (QED) is 0.890. The smallest absolute Gasteiger partial charge is 0.0961 e. The molecule has 3 rings (SSSR count). The van der Waals surface area contributed by atoms with E-state index >= 15 is 0 Å². The Labute approximate surface area is 115 Å². The molecule has 1 aromatic heterocycles. The van der Waals surface area contributed by atoms with Crippen molar-refractivity contribution in [1.82, 2.24) is 14.9 Å².